The van der Waals surface area contributed by atoms with Gasteiger partial charge in [-0.3, -0.25) is 9.78 Å². The smallest absolute Gasteiger partial charge is 0.270 e. The first-order chi connectivity index (χ1) is 12.7. The fourth-order valence-corrected chi connectivity index (χ4v) is 2.78. The van der Waals surface area contributed by atoms with Crippen LogP contribution in [0.4, 0.5) is 0 Å². The molecule has 26 heavy (non-hydrogen) atoms. The molecule has 134 valence electrons. The van der Waals surface area contributed by atoms with Gasteiger partial charge in [-0.05, 0) is 18.2 Å². The summed E-state index contributed by atoms with van der Waals surface area (Å²) in [5.74, 6) is 1.49. The first-order valence-electron chi connectivity index (χ1n) is 8.05. The van der Waals surface area contributed by atoms with Crippen molar-refractivity contribution in [1.82, 2.24) is 19.9 Å². The normalized spacial score (nSPS) is 11.7. The first-order valence-corrected chi connectivity index (χ1v) is 8.05. The maximum absolute atomic E-state index is 12.7. The van der Waals surface area contributed by atoms with Gasteiger partial charge in [-0.2, -0.15) is 0 Å². The van der Waals surface area contributed by atoms with Gasteiger partial charge in [-0.1, -0.05) is 18.2 Å². The molecule has 3 rings (SSSR count). The number of nitrogens with zero attached hydrogens (tertiary/aromatic N) is 3. The van der Waals surface area contributed by atoms with E-state index in [0.717, 1.165) is 5.56 Å². The lowest BCUT2D eigenvalue weighted by Gasteiger charge is -2.22. The predicted octanol–water partition coefficient (Wildman–Crippen LogP) is 2.35. The van der Waals surface area contributed by atoms with E-state index in [1.165, 1.54) is 0 Å². The van der Waals surface area contributed by atoms with Gasteiger partial charge in [0.25, 0.3) is 5.91 Å². The second-order valence-electron chi connectivity index (χ2n) is 5.60. The molecule has 1 N–H and O–H groups in total. The standard InChI is InChI=1S/C19H20N4O3/c1-23-12-11-21-18(23)16(22-19(24)14-8-4-5-10-20-14)13-7-6-9-15(25-2)17(13)26-3/h4-12,16H,1-3H3,(H,22,24). The van der Waals surface area contributed by atoms with Crippen LogP contribution < -0.4 is 14.8 Å². The molecule has 7 heteroatoms. The number of nitrogens with one attached hydrogen (secondary N) is 1. The molecular formula is C19H20N4O3. The Labute approximate surface area is 151 Å². The van der Waals surface area contributed by atoms with Crippen LogP contribution in [-0.2, 0) is 7.05 Å². The molecule has 0 aliphatic rings. The van der Waals surface area contributed by atoms with E-state index in [4.69, 9.17) is 9.47 Å². The lowest BCUT2D eigenvalue weighted by atomic mass is 10.0. The fraction of sp³-hybridized carbons (Fsp3) is 0.211. The Morgan fingerprint density at radius 3 is 2.54 bits per heavy atom. The number of para-hydroxylation sites is 1. The maximum atomic E-state index is 12.7. The molecule has 1 amide bonds. The van der Waals surface area contributed by atoms with Crippen molar-refractivity contribution >= 4 is 5.91 Å². The molecule has 0 aliphatic carbocycles. The average Bonchev–Trinajstić information content (AvgIpc) is 3.11. The van der Waals surface area contributed by atoms with E-state index < -0.39 is 6.04 Å². The number of aromatic nitrogens is 3. The van der Waals surface area contributed by atoms with Crippen molar-refractivity contribution in [1.29, 1.82) is 0 Å². The van der Waals surface area contributed by atoms with Gasteiger partial charge in [0.2, 0.25) is 0 Å². The minimum Gasteiger partial charge on any atom is -0.493 e. The number of carbonyl (C=O) groups excluding carboxylic acids is 1. The number of pyridine rings is 1. The highest BCUT2D eigenvalue weighted by atomic mass is 16.5. The van der Waals surface area contributed by atoms with Crippen molar-refractivity contribution in [2.75, 3.05) is 14.2 Å². The number of hydrogen-bond donors (Lipinski definition) is 1. The molecule has 1 aromatic carbocycles. The summed E-state index contributed by atoms with van der Waals surface area (Å²) in [6, 6.07) is 10.2. The lowest BCUT2D eigenvalue weighted by Crippen LogP contribution is -2.32. The Hall–Kier alpha value is -3.35. The highest BCUT2D eigenvalue weighted by Gasteiger charge is 2.26. The number of amides is 1. The van der Waals surface area contributed by atoms with E-state index in [1.54, 1.807) is 50.9 Å². The number of carbonyl (C=O) groups is 1. The second kappa shape index (κ2) is 7.69. The minimum atomic E-state index is -0.533. The fourth-order valence-electron chi connectivity index (χ4n) is 2.78. The van der Waals surface area contributed by atoms with E-state index in [9.17, 15) is 4.79 Å². The summed E-state index contributed by atoms with van der Waals surface area (Å²) in [7, 11) is 5.01. The summed E-state index contributed by atoms with van der Waals surface area (Å²) < 4.78 is 12.8. The third-order valence-corrected chi connectivity index (χ3v) is 4.03. The largest absolute Gasteiger partial charge is 0.493 e. The molecule has 0 radical (unpaired) electrons. The highest BCUT2D eigenvalue weighted by Crippen LogP contribution is 2.36. The van der Waals surface area contributed by atoms with Crippen molar-refractivity contribution in [2.24, 2.45) is 7.05 Å². The zero-order valence-electron chi connectivity index (χ0n) is 14.8. The predicted molar refractivity (Wildman–Crippen MR) is 96.3 cm³/mol. The van der Waals surface area contributed by atoms with Crippen LogP contribution in [0.2, 0.25) is 0 Å². The Bertz CT molecular complexity index is 893. The van der Waals surface area contributed by atoms with Crippen LogP contribution in [0.25, 0.3) is 0 Å². The summed E-state index contributed by atoms with van der Waals surface area (Å²) in [5, 5.41) is 3.00. The van der Waals surface area contributed by atoms with Gasteiger partial charge >= 0.3 is 0 Å². The highest BCUT2D eigenvalue weighted by molar-refractivity contribution is 5.92. The van der Waals surface area contributed by atoms with Crippen LogP contribution >= 0.6 is 0 Å². The van der Waals surface area contributed by atoms with Crippen LogP contribution in [-0.4, -0.2) is 34.7 Å². The zero-order valence-corrected chi connectivity index (χ0v) is 14.8. The zero-order chi connectivity index (χ0) is 18.5. The van der Waals surface area contributed by atoms with Gasteiger partial charge in [0.15, 0.2) is 11.5 Å². The number of hydrogen-bond acceptors (Lipinski definition) is 5. The third kappa shape index (κ3) is 3.37. The number of methoxy groups -OCH3 is 2. The Morgan fingerprint density at radius 1 is 1.08 bits per heavy atom. The summed E-state index contributed by atoms with van der Waals surface area (Å²) >= 11 is 0. The van der Waals surface area contributed by atoms with Gasteiger partial charge < -0.3 is 19.4 Å². The molecule has 2 aromatic heterocycles. The van der Waals surface area contributed by atoms with E-state index in [1.807, 2.05) is 29.9 Å². The molecule has 1 atom stereocenters. The Balaban J connectivity index is 2.06. The van der Waals surface area contributed by atoms with Crippen molar-refractivity contribution < 1.29 is 14.3 Å². The molecule has 0 bridgehead atoms. The molecule has 0 saturated heterocycles. The van der Waals surface area contributed by atoms with Crippen LogP contribution in [0.15, 0.2) is 55.0 Å². The molecule has 7 nitrogen and oxygen atoms in total. The topological polar surface area (TPSA) is 78.3 Å². The average molecular weight is 352 g/mol. The van der Waals surface area contributed by atoms with Gasteiger partial charge in [-0.15, -0.1) is 0 Å². The molecule has 2 heterocycles. The number of ether oxygens (including phenoxy) is 2. The quantitative estimate of drug-likeness (QED) is 0.737. The molecule has 0 saturated carbocycles. The summed E-state index contributed by atoms with van der Waals surface area (Å²) in [6.45, 7) is 0. The maximum Gasteiger partial charge on any atom is 0.270 e. The molecule has 0 spiro atoms. The molecule has 3 aromatic rings. The summed E-state index contributed by atoms with van der Waals surface area (Å²) in [4.78, 5) is 21.2. The Kier molecular flexibility index (Phi) is 5.17. The van der Waals surface area contributed by atoms with Gasteiger partial charge in [0.1, 0.15) is 17.6 Å². The van der Waals surface area contributed by atoms with E-state index in [0.29, 0.717) is 23.0 Å². The monoisotopic (exact) mass is 352 g/mol. The number of aryl methyl sites for hydroxylation is 1. The molecule has 0 fully saturated rings. The van der Waals surface area contributed by atoms with Crippen molar-refractivity contribution in [2.45, 2.75) is 6.04 Å². The van der Waals surface area contributed by atoms with Gasteiger partial charge in [-0.25, -0.2) is 4.98 Å². The first kappa shape index (κ1) is 17.5. The van der Waals surface area contributed by atoms with Crippen LogP contribution in [0.1, 0.15) is 27.9 Å². The van der Waals surface area contributed by atoms with Crippen molar-refractivity contribution in [3.8, 4) is 11.5 Å². The second-order valence-corrected chi connectivity index (χ2v) is 5.60. The number of imidazole rings is 1. The van der Waals surface area contributed by atoms with Crippen LogP contribution in [0.3, 0.4) is 0 Å². The number of benzene rings is 1. The van der Waals surface area contributed by atoms with E-state index in [2.05, 4.69) is 15.3 Å². The van der Waals surface area contributed by atoms with E-state index in [-0.39, 0.29) is 5.91 Å². The van der Waals surface area contributed by atoms with E-state index >= 15 is 0 Å². The third-order valence-electron chi connectivity index (χ3n) is 4.03. The van der Waals surface area contributed by atoms with Crippen LogP contribution in [0, 0.1) is 0 Å². The lowest BCUT2D eigenvalue weighted by molar-refractivity contribution is 0.0935. The molecule has 0 aliphatic heterocycles. The van der Waals surface area contributed by atoms with Crippen LogP contribution in [0.5, 0.6) is 11.5 Å². The Morgan fingerprint density at radius 2 is 1.92 bits per heavy atom. The number of rotatable bonds is 6. The van der Waals surface area contributed by atoms with Gasteiger partial charge in [0, 0.05) is 31.2 Å². The summed E-state index contributed by atoms with van der Waals surface area (Å²) in [6.07, 6.45) is 5.08. The van der Waals surface area contributed by atoms with Gasteiger partial charge in [0.05, 0.1) is 14.2 Å². The molecule has 1 unspecified atom stereocenters. The molecular weight excluding hydrogens is 332 g/mol. The summed E-state index contributed by atoms with van der Waals surface area (Å²) in [5.41, 5.74) is 1.07. The van der Waals surface area contributed by atoms with Crippen molar-refractivity contribution in [3.05, 3.63) is 72.1 Å². The SMILES string of the molecule is COc1cccc(C(NC(=O)c2ccccn2)c2nccn2C)c1OC. The minimum absolute atomic E-state index is 0.302. The van der Waals surface area contributed by atoms with Crippen molar-refractivity contribution in [3.63, 3.8) is 0 Å².